The largest absolute Gasteiger partial charge is 0.465 e. The van der Waals surface area contributed by atoms with Crippen molar-refractivity contribution >= 4 is 28.9 Å². The molecular formula is C12H14ClN3O2S. The van der Waals surface area contributed by atoms with Crippen molar-refractivity contribution in [2.24, 2.45) is 0 Å². The van der Waals surface area contributed by atoms with Crippen LogP contribution in [0.4, 0.5) is 0 Å². The molecule has 0 aromatic carbocycles. The molecule has 0 saturated carbocycles. The average Bonchev–Trinajstić information content (AvgIpc) is 2.89. The molecule has 0 atom stereocenters. The molecule has 0 saturated heterocycles. The molecule has 0 bridgehead atoms. The maximum absolute atomic E-state index is 11.5. The van der Waals surface area contributed by atoms with Crippen molar-refractivity contribution in [1.82, 2.24) is 14.8 Å². The van der Waals surface area contributed by atoms with Crippen molar-refractivity contribution in [3.63, 3.8) is 0 Å². The summed E-state index contributed by atoms with van der Waals surface area (Å²) in [5, 5.41) is 5.17. The number of thiazole rings is 1. The Morgan fingerprint density at radius 1 is 1.47 bits per heavy atom. The highest BCUT2D eigenvalue weighted by atomic mass is 35.5. The highest BCUT2D eigenvalue weighted by Crippen LogP contribution is 2.28. The van der Waals surface area contributed by atoms with E-state index in [-0.39, 0.29) is 5.15 Å². The van der Waals surface area contributed by atoms with E-state index in [1.54, 1.807) is 4.68 Å². The van der Waals surface area contributed by atoms with Crippen LogP contribution in [0.5, 0.6) is 0 Å². The van der Waals surface area contributed by atoms with Crippen molar-refractivity contribution in [1.29, 1.82) is 0 Å². The van der Waals surface area contributed by atoms with Crippen molar-refractivity contribution in [2.75, 3.05) is 7.11 Å². The minimum Gasteiger partial charge on any atom is -0.465 e. The number of methoxy groups -OCH3 is 1. The number of halogens is 1. The molecule has 7 heteroatoms. The summed E-state index contributed by atoms with van der Waals surface area (Å²) in [6.45, 7) is 6.01. The van der Waals surface area contributed by atoms with Gasteiger partial charge in [0.15, 0.2) is 10.0 Å². The van der Waals surface area contributed by atoms with Gasteiger partial charge < -0.3 is 4.74 Å². The van der Waals surface area contributed by atoms with Gasteiger partial charge >= 0.3 is 5.97 Å². The first-order valence-electron chi connectivity index (χ1n) is 5.79. The topological polar surface area (TPSA) is 57.0 Å². The Hall–Kier alpha value is -1.40. The Balaban J connectivity index is 2.51. The molecular weight excluding hydrogens is 286 g/mol. The first kappa shape index (κ1) is 14.0. The Morgan fingerprint density at radius 2 is 2.16 bits per heavy atom. The van der Waals surface area contributed by atoms with Crippen LogP contribution in [0.1, 0.15) is 33.5 Å². The summed E-state index contributed by atoms with van der Waals surface area (Å²) < 4.78 is 6.38. The summed E-state index contributed by atoms with van der Waals surface area (Å²) in [6, 6.07) is 0. The van der Waals surface area contributed by atoms with Gasteiger partial charge in [-0.3, -0.25) is 0 Å². The van der Waals surface area contributed by atoms with E-state index >= 15 is 0 Å². The van der Waals surface area contributed by atoms with Crippen LogP contribution in [0, 0.1) is 13.8 Å². The van der Waals surface area contributed by atoms with E-state index in [9.17, 15) is 4.79 Å². The molecule has 0 amide bonds. The second-order valence-electron chi connectivity index (χ2n) is 4.02. The molecule has 0 fully saturated rings. The lowest BCUT2D eigenvalue weighted by atomic mass is 10.1. The lowest BCUT2D eigenvalue weighted by molar-refractivity contribution is 0.0606. The summed E-state index contributed by atoms with van der Waals surface area (Å²) in [6.07, 6.45) is 0.903. The number of hydrogen-bond donors (Lipinski definition) is 0. The smallest absolute Gasteiger partial charge is 0.351 e. The van der Waals surface area contributed by atoms with E-state index in [1.165, 1.54) is 24.0 Å². The van der Waals surface area contributed by atoms with E-state index in [1.807, 2.05) is 13.8 Å². The number of carbonyl (C=O) groups excluding carboxylic acids is 1. The summed E-state index contributed by atoms with van der Waals surface area (Å²) in [7, 11) is 1.32. The molecule has 0 spiro atoms. The zero-order chi connectivity index (χ0) is 14.2. The number of ether oxygens (including phenoxy) is 1. The monoisotopic (exact) mass is 299 g/mol. The summed E-state index contributed by atoms with van der Waals surface area (Å²) in [5.74, 6) is -0.481. The quantitative estimate of drug-likeness (QED) is 0.818. The Bertz CT molecular complexity index is 633. The van der Waals surface area contributed by atoms with Gasteiger partial charge in [0.05, 0.1) is 12.8 Å². The Morgan fingerprint density at radius 3 is 2.68 bits per heavy atom. The van der Waals surface area contributed by atoms with Crippen molar-refractivity contribution in [3.05, 3.63) is 27.0 Å². The van der Waals surface area contributed by atoms with E-state index in [0.717, 1.165) is 17.8 Å². The normalized spacial score (nSPS) is 10.8. The lowest BCUT2D eigenvalue weighted by Gasteiger charge is -1.99. The van der Waals surface area contributed by atoms with Crippen molar-refractivity contribution in [3.8, 4) is 5.13 Å². The maximum atomic E-state index is 11.5. The van der Waals surface area contributed by atoms with Crippen molar-refractivity contribution < 1.29 is 9.53 Å². The van der Waals surface area contributed by atoms with Crippen molar-refractivity contribution in [2.45, 2.75) is 27.2 Å². The zero-order valence-corrected chi connectivity index (χ0v) is 12.7. The second kappa shape index (κ2) is 5.30. The van der Waals surface area contributed by atoms with Gasteiger partial charge in [-0.2, -0.15) is 5.10 Å². The van der Waals surface area contributed by atoms with Crippen LogP contribution in [-0.4, -0.2) is 27.8 Å². The third-order valence-corrected chi connectivity index (χ3v) is 4.32. The number of hydrogen-bond acceptors (Lipinski definition) is 5. The molecule has 2 heterocycles. The Kier molecular flexibility index (Phi) is 3.91. The van der Waals surface area contributed by atoms with Gasteiger partial charge in [0.25, 0.3) is 0 Å². The molecule has 0 N–H and O–H groups in total. The molecule has 0 aliphatic heterocycles. The Labute approximate surface area is 120 Å². The minimum absolute atomic E-state index is 0.150. The minimum atomic E-state index is -0.481. The number of rotatable bonds is 3. The molecule has 0 aliphatic rings. The van der Waals surface area contributed by atoms with Crippen LogP contribution < -0.4 is 0 Å². The van der Waals surface area contributed by atoms with Gasteiger partial charge in [0.2, 0.25) is 5.13 Å². The van der Waals surface area contributed by atoms with Crippen LogP contribution >= 0.6 is 22.9 Å². The third-order valence-electron chi connectivity index (χ3n) is 2.92. The third kappa shape index (κ3) is 2.37. The van der Waals surface area contributed by atoms with Gasteiger partial charge in [0, 0.05) is 5.69 Å². The molecule has 5 nitrogen and oxygen atoms in total. The van der Waals surface area contributed by atoms with Crippen LogP contribution in [0.15, 0.2) is 0 Å². The SMILES string of the molecule is CCc1c(C)nn(-c2nc(Cl)c(C(=O)OC)s2)c1C. The molecule has 0 unspecified atom stereocenters. The molecule has 19 heavy (non-hydrogen) atoms. The molecule has 0 aliphatic carbocycles. The number of nitrogens with zero attached hydrogens (tertiary/aromatic N) is 3. The fraction of sp³-hybridized carbons (Fsp3) is 0.417. The maximum Gasteiger partial charge on any atom is 0.351 e. The van der Waals surface area contributed by atoms with Crippen LogP contribution in [0.25, 0.3) is 5.13 Å². The second-order valence-corrected chi connectivity index (χ2v) is 5.36. The first-order valence-corrected chi connectivity index (χ1v) is 6.99. The van der Waals surface area contributed by atoms with Gasteiger partial charge in [-0.25, -0.2) is 14.5 Å². The van der Waals surface area contributed by atoms with Gasteiger partial charge in [-0.1, -0.05) is 29.9 Å². The van der Waals surface area contributed by atoms with Crippen LogP contribution in [0.3, 0.4) is 0 Å². The predicted molar refractivity (Wildman–Crippen MR) is 74.4 cm³/mol. The standard InChI is InChI=1S/C12H14ClN3O2S/c1-5-8-6(2)15-16(7(8)3)12-14-10(13)9(19-12)11(17)18-4/h5H2,1-4H3. The zero-order valence-electron chi connectivity index (χ0n) is 11.2. The summed E-state index contributed by atoms with van der Waals surface area (Å²) >= 11 is 7.13. The molecule has 2 rings (SSSR count). The predicted octanol–water partition coefficient (Wildman–Crippen LogP) is 2.95. The van der Waals surface area contributed by atoms with Gasteiger partial charge in [-0.05, 0) is 25.8 Å². The highest BCUT2D eigenvalue weighted by molar-refractivity contribution is 7.16. The molecule has 102 valence electrons. The number of aromatic nitrogens is 3. The molecule has 0 radical (unpaired) electrons. The summed E-state index contributed by atoms with van der Waals surface area (Å²) in [4.78, 5) is 16.0. The van der Waals surface area contributed by atoms with E-state index in [0.29, 0.717) is 10.0 Å². The number of carbonyl (C=O) groups is 1. The van der Waals surface area contributed by atoms with Gasteiger partial charge in [0.1, 0.15) is 0 Å². The fourth-order valence-electron chi connectivity index (χ4n) is 1.97. The van der Waals surface area contributed by atoms with E-state index in [4.69, 9.17) is 11.6 Å². The van der Waals surface area contributed by atoms with E-state index in [2.05, 4.69) is 21.7 Å². The van der Waals surface area contributed by atoms with Gasteiger partial charge in [-0.15, -0.1) is 0 Å². The number of aryl methyl sites for hydroxylation is 1. The van der Waals surface area contributed by atoms with Crippen LogP contribution in [0.2, 0.25) is 5.15 Å². The lowest BCUT2D eigenvalue weighted by Crippen LogP contribution is -1.98. The molecule has 2 aromatic heterocycles. The van der Waals surface area contributed by atoms with E-state index < -0.39 is 5.97 Å². The fourth-order valence-corrected chi connectivity index (χ4v) is 3.18. The molecule has 2 aromatic rings. The highest BCUT2D eigenvalue weighted by Gasteiger charge is 2.20. The average molecular weight is 300 g/mol. The van der Waals surface area contributed by atoms with Crippen LogP contribution in [-0.2, 0) is 11.2 Å². The summed E-state index contributed by atoms with van der Waals surface area (Å²) in [5.41, 5.74) is 3.17. The number of esters is 1. The first-order chi connectivity index (χ1) is 8.99.